The first-order valence-electron chi connectivity index (χ1n) is 6.27. The van der Waals surface area contributed by atoms with E-state index in [1.807, 2.05) is 22.9 Å². The van der Waals surface area contributed by atoms with Gasteiger partial charge in [0.1, 0.15) is 6.61 Å². The summed E-state index contributed by atoms with van der Waals surface area (Å²) in [5, 5.41) is 3.04. The lowest BCUT2D eigenvalue weighted by atomic mass is 10.2. The SMILES string of the molecule is O=C(NS(=O)(=O)N1CCNCC1)OCc1ccccc1. The van der Waals surface area contributed by atoms with Crippen LogP contribution in [0, 0.1) is 0 Å². The lowest BCUT2D eigenvalue weighted by molar-refractivity contribution is 0.145. The van der Waals surface area contributed by atoms with Crippen molar-refractivity contribution in [3.63, 3.8) is 0 Å². The highest BCUT2D eigenvalue weighted by Crippen LogP contribution is 2.03. The minimum absolute atomic E-state index is 0.0315. The Hall–Kier alpha value is -1.64. The zero-order valence-corrected chi connectivity index (χ0v) is 11.7. The molecule has 1 aromatic carbocycles. The van der Waals surface area contributed by atoms with Crippen molar-refractivity contribution in [3.8, 4) is 0 Å². The topological polar surface area (TPSA) is 87.7 Å². The highest BCUT2D eigenvalue weighted by atomic mass is 32.2. The van der Waals surface area contributed by atoms with Crippen LogP contribution in [0.5, 0.6) is 0 Å². The average Bonchev–Trinajstić information content (AvgIpc) is 2.47. The van der Waals surface area contributed by atoms with Gasteiger partial charge in [0.25, 0.3) is 0 Å². The number of rotatable bonds is 4. The standard InChI is InChI=1S/C12H17N3O4S/c16-12(19-10-11-4-2-1-3-5-11)14-20(17,18)15-8-6-13-7-9-15/h1-5,13H,6-10H2,(H,14,16). The molecule has 110 valence electrons. The lowest BCUT2D eigenvalue weighted by Gasteiger charge is -2.26. The van der Waals surface area contributed by atoms with E-state index in [1.165, 1.54) is 4.31 Å². The van der Waals surface area contributed by atoms with E-state index in [2.05, 4.69) is 5.32 Å². The number of piperazine rings is 1. The van der Waals surface area contributed by atoms with E-state index in [9.17, 15) is 13.2 Å². The van der Waals surface area contributed by atoms with Crippen molar-refractivity contribution >= 4 is 16.3 Å². The fourth-order valence-corrected chi connectivity index (χ4v) is 2.87. The molecule has 1 aromatic rings. The Kier molecular flexibility index (Phi) is 4.94. The molecular weight excluding hydrogens is 282 g/mol. The third-order valence-corrected chi connectivity index (χ3v) is 4.31. The number of hydrogen-bond donors (Lipinski definition) is 2. The van der Waals surface area contributed by atoms with Crippen LogP contribution in [0.1, 0.15) is 5.56 Å². The first kappa shape index (κ1) is 14.8. The second kappa shape index (κ2) is 6.69. The van der Waals surface area contributed by atoms with Gasteiger partial charge in [0, 0.05) is 26.2 Å². The Balaban J connectivity index is 1.84. The maximum Gasteiger partial charge on any atom is 0.422 e. The summed E-state index contributed by atoms with van der Waals surface area (Å²) in [5.74, 6) is 0. The lowest BCUT2D eigenvalue weighted by Crippen LogP contribution is -2.51. The molecule has 0 bridgehead atoms. The largest absolute Gasteiger partial charge is 0.444 e. The number of benzene rings is 1. The van der Waals surface area contributed by atoms with Gasteiger partial charge in [-0.25, -0.2) is 9.52 Å². The number of nitrogens with zero attached hydrogens (tertiary/aromatic N) is 1. The van der Waals surface area contributed by atoms with Crippen molar-refractivity contribution < 1.29 is 17.9 Å². The van der Waals surface area contributed by atoms with E-state index >= 15 is 0 Å². The fraction of sp³-hybridized carbons (Fsp3) is 0.417. The first-order valence-corrected chi connectivity index (χ1v) is 7.71. The van der Waals surface area contributed by atoms with Gasteiger partial charge in [-0.05, 0) is 5.56 Å². The van der Waals surface area contributed by atoms with Gasteiger partial charge in [0.05, 0.1) is 0 Å². The van der Waals surface area contributed by atoms with Gasteiger partial charge >= 0.3 is 16.3 Å². The van der Waals surface area contributed by atoms with Gasteiger partial charge in [-0.15, -0.1) is 0 Å². The molecule has 7 nitrogen and oxygen atoms in total. The molecule has 8 heteroatoms. The summed E-state index contributed by atoms with van der Waals surface area (Å²) in [6, 6.07) is 9.05. The van der Waals surface area contributed by atoms with Crippen LogP contribution in [-0.2, 0) is 21.6 Å². The first-order chi connectivity index (χ1) is 9.58. The van der Waals surface area contributed by atoms with E-state index < -0.39 is 16.3 Å². The number of nitrogens with one attached hydrogen (secondary N) is 2. The maximum absolute atomic E-state index is 11.9. The highest BCUT2D eigenvalue weighted by Gasteiger charge is 2.26. The van der Waals surface area contributed by atoms with Crippen molar-refractivity contribution in [3.05, 3.63) is 35.9 Å². The van der Waals surface area contributed by atoms with E-state index in [1.54, 1.807) is 12.1 Å². The molecule has 0 aromatic heterocycles. The number of amides is 1. The Morgan fingerprint density at radius 1 is 1.25 bits per heavy atom. The number of carbonyl (C=O) groups is 1. The van der Waals surface area contributed by atoms with Crippen LogP contribution in [0.15, 0.2) is 30.3 Å². The van der Waals surface area contributed by atoms with Crippen LogP contribution in [-0.4, -0.2) is 45.0 Å². The molecule has 0 saturated carbocycles. The Bertz CT molecular complexity index is 541. The van der Waals surface area contributed by atoms with E-state index in [-0.39, 0.29) is 6.61 Å². The van der Waals surface area contributed by atoms with Crippen molar-refractivity contribution in [1.29, 1.82) is 0 Å². The van der Waals surface area contributed by atoms with Crippen LogP contribution in [0.4, 0.5) is 4.79 Å². The van der Waals surface area contributed by atoms with E-state index in [0.717, 1.165) is 5.56 Å². The van der Waals surface area contributed by atoms with Gasteiger partial charge in [0.15, 0.2) is 0 Å². The summed E-state index contributed by atoms with van der Waals surface area (Å²) < 4.78 is 31.8. The van der Waals surface area contributed by atoms with Crippen LogP contribution < -0.4 is 10.0 Å². The molecule has 1 aliphatic rings. The second-order valence-corrected chi connectivity index (χ2v) is 5.99. The molecule has 2 N–H and O–H groups in total. The molecule has 0 atom stereocenters. The summed E-state index contributed by atoms with van der Waals surface area (Å²) in [6.07, 6.45) is -0.965. The Morgan fingerprint density at radius 2 is 1.90 bits per heavy atom. The third kappa shape index (κ3) is 4.19. The minimum Gasteiger partial charge on any atom is -0.444 e. The van der Waals surface area contributed by atoms with Crippen LogP contribution in [0.2, 0.25) is 0 Å². The molecule has 20 heavy (non-hydrogen) atoms. The molecule has 0 unspecified atom stereocenters. The van der Waals surface area contributed by atoms with Gasteiger partial charge in [-0.2, -0.15) is 12.7 Å². The van der Waals surface area contributed by atoms with Gasteiger partial charge in [-0.1, -0.05) is 30.3 Å². The normalized spacial score (nSPS) is 16.6. The van der Waals surface area contributed by atoms with Crippen molar-refractivity contribution in [2.45, 2.75) is 6.61 Å². The smallest absolute Gasteiger partial charge is 0.422 e. The van der Waals surface area contributed by atoms with E-state index in [4.69, 9.17) is 4.74 Å². The monoisotopic (exact) mass is 299 g/mol. The van der Waals surface area contributed by atoms with Crippen molar-refractivity contribution in [2.75, 3.05) is 26.2 Å². The molecule has 1 aliphatic heterocycles. The molecule has 0 radical (unpaired) electrons. The molecule has 0 spiro atoms. The summed E-state index contributed by atoms with van der Waals surface area (Å²) in [6.45, 7) is 1.84. The summed E-state index contributed by atoms with van der Waals surface area (Å²) >= 11 is 0. The predicted molar refractivity (Wildman–Crippen MR) is 73.1 cm³/mol. The number of carbonyl (C=O) groups excluding carboxylic acids is 1. The van der Waals surface area contributed by atoms with Crippen molar-refractivity contribution in [2.24, 2.45) is 0 Å². The van der Waals surface area contributed by atoms with Gasteiger partial charge in [-0.3, -0.25) is 0 Å². The number of hydrogen-bond acceptors (Lipinski definition) is 5. The zero-order valence-electron chi connectivity index (χ0n) is 10.9. The third-order valence-electron chi connectivity index (χ3n) is 2.84. The maximum atomic E-state index is 11.9. The van der Waals surface area contributed by atoms with Gasteiger partial charge < -0.3 is 10.1 Å². The van der Waals surface area contributed by atoms with E-state index in [0.29, 0.717) is 26.2 Å². The summed E-state index contributed by atoms with van der Waals surface area (Å²) in [7, 11) is -3.82. The zero-order chi connectivity index (χ0) is 14.4. The Morgan fingerprint density at radius 3 is 2.55 bits per heavy atom. The van der Waals surface area contributed by atoms with Crippen LogP contribution in [0.3, 0.4) is 0 Å². The second-order valence-electron chi connectivity index (χ2n) is 4.32. The minimum atomic E-state index is -3.82. The summed E-state index contributed by atoms with van der Waals surface area (Å²) in [5.41, 5.74) is 0.794. The van der Waals surface area contributed by atoms with Crippen LogP contribution >= 0.6 is 0 Å². The molecular formula is C12H17N3O4S. The number of ether oxygens (including phenoxy) is 1. The molecule has 2 rings (SSSR count). The van der Waals surface area contributed by atoms with Crippen molar-refractivity contribution in [1.82, 2.24) is 14.3 Å². The molecule has 1 saturated heterocycles. The van der Waals surface area contributed by atoms with Crippen LogP contribution in [0.25, 0.3) is 0 Å². The predicted octanol–water partition coefficient (Wildman–Crippen LogP) is 0.0628. The average molecular weight is 299 g/mol. The molecule has 1 amide bonds. The summed E-state index contributed by atoms with van der Waals surface area (Å²) in [4.78, 5) is 11.5. The molecule has 1 fully saturated rings. The quantitative estimate of drug-likeness (QED) is 0.821. The van der Waals surface area contributed by atoms with Gasteiger partial charge in [0.2, 0.25) is 0 Å². The fourth-order valence-electron chi connectivity index (χ4n) is 1.81. The molecule has 0 aliphatic carbocycles. The molecule has 1 heterocycles. The highest BCUT2D eigenvalue weighted by molar-refractivity contribution is 7.87. The Labute approximate surface area is 118 Å².